The smallest absolute Gasteiger partial charge is 0.393 e. The van der Waals surface area contributed by atoms with Gasteiger partial charge in [0.15, 0.2) is 0 Å². The largest absolute Gasteiger partial charge is 0.414 e. The number of fused-ring (bicyclic) bond motifs is 5. The highest BCUT2D eigenvalue weighted by Crippen LogP contribution is 2.68. The van der Waals surface area contributed by atoms with Crippen molar-refractivity contribution < 1.29 is 23.4 Å². The Morgan fingerprint density at radius 1 is 0.926 bits per heavy atom. The van der Waals surface area contributed by atoms with Crippen LogP contribution in [0.25, 0.3) is 0 Å². The van der Waals surface area contributed by atoms with Gasteiger partial charge in [0.05, 0.1) is 6.10 Å². The fraction of sp³-hybridized carbons (Fsp3) is 1.00. The summed E-state index contributed by atoms with van der Waals surface area (Å²) in [5, 5.41) is 19.8. The molecule has 0 radical (unpaired) electrons. The third-order valence-electron chi connectivity index (χ3n) is 9.72. The highest BCUT2D eigenvalue weighted by atomic mass is 19.4. The number of alkyl halides is 3. The fourth-order valence-electron chi connectivity index (χ4n) is 8.13. The number of rotatable bonds is 2. The van der Waals surface area contributed by atoms with Gasteiger partial charge in [-0.1, -0.05) is 13.8 Å². The number of hydrogen-bond donors (Lipinski definition) is 2. The number of aliphatic hydroxyl groups excluding tert-OH is 2. The molecule has 156 valence electrons. The maximum Gasteiger partial charge on any atom is 0.414 e. The highest BCUT2D eigenvalue weighted by molar-refractivity contribution is 5.09. The molecule has 9 atom stereocenters. The SMILES string of the molecule is CC12CCC3[C@@H](CCC4CC(O)CC[C@@]43C)C1CC[C@@H]2CC(O)C(F)(F)F. The topological polar surface area (TPSA) is 40.5 Å². The molecule has 0 aromatic rings. The summed E-state index contributed by atoms with van der Waals surface area (Å²) in [6, 6.07) is 0. The van der Waals surface area contributed by atoms with Gasteiger partial charge in [-0.15, -0.1) is 0 Å². The first kappa shape index (κ1) is 20.0. The van der Waals surface area contributed by atoms with Crippen molar-refractivity contribution in [3.63, 3.8) is 0 Å². The highest BCUT2D eigenvalue weighted by Gasteiger charge is 2.60. The normalized spacial score (nSPS) is 51.2. The van der Waals surface area contributed by atoms with Crippen molar-refractivity contribution in [3.8, 4) is 0 Å². The van der Waals surface area contributed by atoms with E-state index in [1.165, 1.54) is 6.42 Å². The van der Waals surface area contributed by atoms with Crippen LogP contribution in [-0.4, -0.2) is 28.6 Å². The van der Waals surface area contributed by atoms with Crippen LogP contribution in [-0.2, 0) is 0 Å². The first-order valence-corrected chi connectivity index (χ1v) is 11.0. The molecule has 0 aliphatic heterocycles. The quantitative estimate of drug-likeness (QED) is 0.672. The molecule has 5 heteroatoms. The molecule has 27 heavy (non-hydrogen) atoms. The molecule has 2 N–H and O–H groups in total. The van der Waals surface area contributed by atoms with Crippen LogP contribution in [0.5, 0.6) is 0 Å². The molecule has 2 nitrogen and oxygen atoms in total. The van der Waals surface area contributed by atoms with E-state index in [0.29, 0.717) is 29.1 Å². The summed E-state index contributed by atoms with van der Waals surface area (Å²) in [7, 11) is 0. The van der Waals surface area contributed by atoms with Gasteiger partial charge in [-0.2, -0.15) is 13.2 Å². The molecule has 4 aliphatic carbocycles. The first-order valence-electron chi connectivity index (χ1n) is 11.0. The van der Waals surface area contributed by atoms with E-state index in [1.807, 2.05) is 0 Å². The van der Waals surface area contributed by atoms with E-state index in [-0.39, 0.29) is 23.9 Å². The maximum atomic E-state index is 12.9. The van der Waals surface area contributed by atoms with Gasteiger partial charge in [-0.05, 0) is 105 Å². The van der Waals surface area contributed by atoms with Crippen molar-refractivity contribution in [1.82, 2.24) is 0 Å². The van der Waals surface area contributed by atoms with Crippen LogP contribution < -0.4 is 0 Å². The Balaban J connectivity index is 1.52. The van der Waals surface area contributed by atoms with E-state index in [1.54, 1.807) is 0 Å². The van der Waals surface area contributed by atoms with Gasteiger partial charge >= 0.3 is 6.18 Å². The summed E-state index contributed by atoms with van der Waals surface area (Å²) < 4.78 is 38.8. The molecule has 0 bridgehead atoms. The number of hydrogen-bond acceptors (Lipinski definition) is 2. The lowest BCUT2D eigenvalue weighted by Crippen LogP contribution is -2.54. The number of halogens is 3. The maximum absolute atomic E-state index is 12.9. The predicted molar refractivity (Wildman–Crippen MR) is 97.9 cm³/mol. The van der Waals surface area contributed by atoms with Gasteiger partial charge in [0.1, 0.15) is 6.10 Å². The zero-order valence-electron chi connectivity index (χ0n) is 16.6. The Morgan fingerprint density at radius 3 is 2.30 bits per heavy atom. The molecular formula is C22H35F3O2. The second kappa shape index (κ2) is 6.62. The first-order chi connectivity index (χ1) is 12.6. The van der Waals surface area contributed by atoms with Crippen molar-refractivity contribution in [3.05, 3.63) is 0 Å². The molecule has 0 heterocycles. The molecule has 0 amide bonds. The summed E-state index contributed by atoms with van der Waals surface area (Å²) in [6.07, 6.45) is 2.28. The molecule has 0 spiro atoms. The Bertz CT molecular complexity index is 564. The molecular weight excluding hydrogens is 353 g/mol. The summed E-state index contributed by atoms with van der Waals surface area (Å²) >= 11 is 0. The lowest BCUT2D eigenvalue weighted by Gasteiger charge is -2.61. The summed E-state index contributed by atoms with van der Waals surface area (Å²) in [4.78, 5) is 0. The van der Waals surface area contributed by atoms with Gasteiger partial charge in [-0.3, -0.25) is 0 Å². The van der Waals surface area contributed by atoms with Crippen molar-refractivity contribution in [2.75, 3.05) is 0 Å². The minimum Gasteiger partial charge on any atom is -0.393 e. The van der Waals surface area contributed by atoms with Crippen molar-refractivity contribution in [1.29, 1.82) is 0 Å². The van der Waals surface area contributed by atoms with Crippen LogP contribution in [0.2, 0.25) is 0 Å². The van der Waals surface area contributed by atoms with Crippen LogP contribution in [0, 0.1) is 40.4 Å². The second-order valence-corrected chi connectivity index (χ2v) is 10.7. The lowest BCUT2D eigenvalue weighted by atomic mass is 9.44. The van der Waals surface area contributed by atoms with Crippen molar-refractivity contribution in [2.45, 2.75) is 96.4 Å². The zero-order chi connectivity index (χ0) is 19.6. The molecule has 4 fully saturated rings. The Hall–Kier alpha value is -0.290. The molecule has 0 aromatic heterocycles. The minimum absolute atomic E-state index is 0.0150. The minimum atomic E-state index is -4.50. The molecule has 6 unspecified atom stereocenters. The van der Waals surface area contributed by atoms with E-state index in [9.17, 15) is 23.4 Å². The van der Waals surface area contributed by atoms with Crippen LogP contribution in [0.1, 0.15) is 78.1 Å². The van der Waals surface area contributed by atoms with E-state index >= 15 is 0 Å². The van der Waals surface area contributed by atoms with E-state index in [0.717, 1.165) is 51.4 Å². The monoisotopic (exact) mass is 388 g/mol. The van der Waals surface area contributed by atoms with E-state index in [2.05, 4.69) is 13.8 Å². The Kier molecular flexibility index (Phi) is 4.90. The van der Waals surface area contributed by atoms with Crippen molar-refractivity contribution in [2.24, 2.45) is 40.4 Å². The average molecular weight is 389 g/mol. The Labute approximate surface area is 160 Å². The molecule has 0 saturated heterocycles. The molecule has 4 saturated carbocycles. The van der Waals surface area contributed by atoms with Gasteiger partial charge in [0.25, 0.3) is 0 Å². The van der Waals surface area contributed by atoms with Gasteiger partial charge in [-0.25, -0.2) is 0 Å². The number of aliphatic hydroxyl groups is 2. The van der Waals surface area contributed by atoms with Gasteiger partial charge in [0, 0.05) is 0 Å². The van der Waals surface area contributed by atoms with Crippen LogP contribution in [0.15, 0.2) is 0 Å². The molecule has 0 aromatic carbocycles. The third-order valence-corrected chi connectivity index (χ3v) is 9.72. The second-order valence-electron chi connectivity index (χ2n) is 10.7. The summed E-state index contributed by atoms with van der Waals surface area (Å²) in [5.74, 6) is 2.38. The van der Waals surface area contributed by atoms with Crippen LogP contribution in [0.3, 0.4) is 0 Å². The van der Waals surface area contributed by atoms with Gasteiger partial charge in [0.2, 0.25) is 0 Å². The molecule has 4 rings (SSSR count). The van der Waals surface area contributed by atoms with Crippen molar-refractivity contribution >= 4 is 0 Å². The summed E-state index contributed by atoms with van der Waals surface area (Å²) in [6.45, 7) is 4.65. The Morgan fingerprint density at radius 2 is 1.59 bits per heavy atom. The molecule has 4 aliphatic rings. The van der Waals surface area contributed by atoms with E-state index < -0.39 is 12.3 Å². The van der Waals surface area contributed by atoms with Crippen LogP contribution >= 0.6 is 0 Å². The van der Waals surface area contributed by atoms with Crippen LogP contribution in [0.4, 0.5) is 13.2 Å². The van der Waals surface area contributed by atoms with Gasteiger partial charge < -0.3 is 10.2 Å². The summed E-state index contributed by atoms with van der Waals surface area (Å²) in [5.41, 5.74) is 0.248. The standard InChI is InChI=1S/C22H35F3O2/c1-20-9-7-15(26)11-13(20)3-5-16-17-6-4-14(12-19(27)22(23,24)25)21(17,2)10-8-18(16)20/h13-19,26-27H,3-12H2,1-2H3/t13?,14-,15?,16+,17?,18?,19?,20+,21?/m1/s1. The lowest BCUT2D eigenvalue weighted by molar-refractivity contribution is -0.212. The average Bonchev–Trinajstić information content (AvgIpc) is 2.91. The zero-order valence-corrected chi connectivity index (χ0v) is 16.6. The third kappa shape index (κ3) is 3.15. The predicted octanol–water partition coefficient (Wildman–Crippen LogP) is 5.32. The van der Waals surface area contributed by atoms with E-state index in [4.69, 9.17) is 0 Å². The fourth-order valence-corrected chi connectivity index (χ4v) is 8.13.